The fraction of sp³-hybridized carbons (Fsp3) is 0.154. The number of hydrogen-bond donors (Lipinski definition) is 1. The third kappa shape index (κ3) is 3.99. The quantitative estimate of drug-likeness (QED) is 0.518. The summed E-state index contributed by atoms with van der Waals surface area (Å²) < 4.78 is 0. The maximum atomic E-state index is 13.5. The van der Waals surface area contributed by atoms with E-state index in [1.807, 2.05) is 64.1 Å². The average Bonchev–Trinajstić information content (AvgIpc) is 2.94. The topological polar surface area (TPSA) is 49.4 Å². The van der Waals surface area contributed by atoms with Crippen LogP contribution >= 0.6 is 11.6 Å². The van der Waals surface area contributed by atoms with Gasteiger partial charge < -0.3 is 5.32 Å². The highest BCUT2D eigenvalue weighted by molar-refractivity contribution is 6.46. The first-order chi connectivity index (χ1) is 14.7. The zero-order valence-electron chi connectivity index (χ0n) is 17.9. The first-order valence-corrected chi connectivity index (χ1v) is 10.4. The van der Waals surface area contributed by atoms with Crippen molar-refractivity contribution in [3.05, 3.63) is 99.2 Å². The molecule has 156 valence electrons. The summed E-state index contributed by atoms with van der Waals surface area (Å²) in [6.45, 7) is 7.94. The van der Waals surface area contributed by atoms with Crippen LogP contribution in [0.25, 0.3) is 5.57 Å². The molecule has 3 aromatic rings. The monoisotopic (exact) mass is 430 g/mol. The summed E-state index contributed by atoms with van der Waals surface area (Å²) in [7, 11) is 0. The first-order valence-electron chi connectivity index (χ1n) is 10.1. The number of carbonyl (C=O) groups excluding carboxylic acids is 2. The van der Waals surface area contributed by atoms with E-state index in [4.69, 9.17) is 11.6 Å². The van der Waals surface area contributed by atoms with Crippen LogP contribution in [0.15, 0.2) is 66.4 Å². The van der Waals surface area contributed by atoms with Gasteiger partial charge in [0.1, 0.15) is 5.70 Å². The summed E-state index contributed by atoms with van der Waals surface area (Å²) >= 11 is 6.05. The zero-order valence-corrected chi connectivity index (χ0v) is 18.7. The number of rotatable bonds is 4. The van der Waals surface area contributed by atoms with Crippen LogP contribution in [0.4, 0.5) is 11.4 Å². The molecular weight excluding hydrogens is 408 g/mol. The molecule has 0 spiro atoms. The highest BCUT2D eigenvalue weighted by Gasteiger charge is 2.40. The Morgan fingerprint density at radius 1 is 0.742 bits per heavy atom. The third-order valence-electron chi connectivity index (χ3n) is 5.46. The molecule has 5 heteroatoms. The van der Waals surface area contributed by atoms with Crippen LogP contribution in [0.1, 0.15) is 27.8 Å². The Bertz CT molecular complexity index is 1220. The lowest BCUT2D eigenvalue weighted by Crippen LogP contribution is -2.32. The van der Waals surface area contributed by atoms with Crippen molar-refractivity contribution in [3.63, 3.8) is 0 Å². The second-order valence-corrected chi connectivity index (χ2v) is 8.41. The van der Waals surface area contributed by atoms with Gasteiger partial charge in [-0.25, -0.2) is 4.90 Å². The van der Waals surface area contributed by atoms with Crippen molar-refractivity contribution in [3.8, 4) is 0 Å². The van der Waals surface area contributed by atoms with Crippen molar-refractivity contribution in [2.75, 3.05) is 10.2 Å². The van der Waals surface area contributed by atoms with E-state index in [-0.39, 0.29) is 17.5 Å². The summed E-state index contributed by atoms with van der Waals surface area (Å²) in [5, 5.41) is 3.78. The molecule has 0 bridgehead atoms. The van der Waals surface area contributed by atoms with Gasteiger partial charge in [0.15, 0.2) is 0 Å². The highest BCUT2D eigenvalue weighted by Crippen LogP contribution is 2.35. The number of halogens is 1. The van der Waals surface area contributed by atoms with E-state index in [1.54, 1.807) is 24.3 Å². The lowest BCUT2D eigenvalue weighted by atomic mass is 10.0. The normalized spacial score (nSPS) is 13.9. The van der Waals surface area contributed by atoms with Crippen molar-refractivity contribution in [2.24, 2.45) is 0 Å². The lowest BCUT2D eigenvalue weighted by molar-refractivity contribution is -0.120. The van der Waals surface area contributed by atoms with Crippen LogP contribution < -0.4 is 10.2 Å². The molecule has 4 nitrogen and oxygen atoms in total. The molecule has 0 aromatic heterocycles. The summed E-state index contributed by atoms with van der Waals surface area (Å²) in [4.78, 5) is 28.3. The molecule has 0 fully saturated rings. The van der Waals surface area contributed by atoms with E-state index in [9.17, 15) is 9.59 Å². The Hall–Kier alpha value is -3.37. The molecule has 1 aliphatic rings. The van der Waals surface area contributed by atoms with Crippen LogP contribution in [0.5, 0.6) is 0 Å². The molecule has 0 saturated heterocycles. The molecule has 3 aromatic carbocycles. The van der Waals surface area contributed by atoms with Crippen molar-refractivity contribution < 1.29 is 9.59 Å². The van der Waals surface area contributed by atoms with E-state index in [0.29, 0.717) is 21.8 Å². The van der Waals surface area contributed by atoms with Gasteiger partial charge in [-0.1, -0.05) is 35.9 Å². The van der Waals surface area contributed by atoms with Gasteiger partial charge in [-0.15, -0.1) is 0 Å². The number of anilines is 2. The lowest BCUT2D eigenvalue weighted by Gasteiger charge is -2.17. The minimum atomic E-state index is -0.377. The van der Waals surface area contributed by atoms with Gasteiger partial charge in [0.05, 0.1) is 11.3 Å². The molecule has 31 heavy (non-hydrogen) atoms. The maximum Gasteiger partial charge on any atom is 0.282 e. The third-order valence-corrected chi connectivity index (χ3v) is 5.71. The Kier molecular flexibility index (Phi) is 5.42. The molecule has 1 aliphatic heterocycles. The second kappa shape index (κ2) is 8.05. The van der Waals surface area contributed by atoms with Gasteiger partial charge in [0, 0.05) is 10.7 Å². The van der Waals surface area contributed by atoms with E-state index >= 15 is 0 Å². The molecule has 0 radical (unpaired) electrons. The van der Waals surface area contributed by atoms with E-state index in [1.165, 1.54) is 4.90 Å². The van der Waals surface area contributed by atoms with E-state index < -0.39 is 0 Å². The van der Waals surface area contributed by atoms with Gasteiger partial charge in [-0.3, -0.25) is 9.59 Å². The van der Waals surface area contributed by atoms with Crippen LogP contribution in [-0.4, -0.2) is 11.8 Å². The summed E-state index contributed by atoms with van der Waals surface area (Å²) in [6, 6.07) is 18.5. The number of aryl methyl sites for hydroxylation is 4. The van der Waals surface area contributed by atoms with E-state index in [0.717, 1.165) is 27.9 Å². The zero-order chi connectivity index (χ0) is 22.3. The molecule has 2 amide bonds. The Morgan fingerprint density at radius 3 is 2.00 bits per heavy atom. The largest absolute Gasteiger partial charge is 0.350 e. The number of carbonyl (C=O) groups is 2. The summed E-state index contributed by atoms with van der Waals surface area (Å²) in [6.07, 6.45) is 0. The van der Waals surface area contributed by atoms with Crippen molar-refractivity contribution in [1.82, 2.24) is 0 Å². The number of nitrogens with zero attached hydrogens (tertiary/aromatic N) is 1. The van der Waals surface area contributed by atoms with Gasteiger partial charge in [-0.2, -0.15) is 0 Å². The van der Waals surface area contributed by atoms with Gasteiger partial charge in [-0.05, 0) is 91.9 Å². The SMILES string of the molecule is Cc1cc(C)cc(N2C(=O)C(Nc3ccc(C)c(C)c3)=C(c3ccc(Cl)cc3)C2=O)c1. The number of benzene rings is 3. The number of imide groups is 1. The van der Waals surface area contributed by atoms with E-state index in [2.05, 4.69) is 5.32 Å². The Morgan fingerprint density at radius 2 is 1.39 bits per heavy atom. The summed E-state index contributed by atoms with van der Waals surface area (Å²) in [5.74, 6) is -0.734. The highest BCUT2D eigenvalue weighted by atomic mass is 35.5. The predicted molar refractivity (Wildman–Crippen MR) is 126 cm³/mol. The smallest absolute Gasteiger partial charge is 0.282 e. The standard InChI is InChI=1S/C26H23ClN2O2/c1-15-11-16(2)13-22(12-15)29-25(30)23(19-6-8-20(27)9-7-19)24(26(29)31)28-21-10-5-17(3)18(4)14-21/h5-14,28H,1-4H3. The summed E-state index contributed by atoms with van der Waals surface area (Å²) in [5.41, 5.74) is 6.78. The number of nitrogens with one attached hydrogen (secondary N) is 1. The average molecular weight is 431 g/mol. The molecule has 0 saturated carbocycles. The van der Waals surface area contributed by atoms with Gasteiger partial charge in [0.25, 0.3) is 11.8 Å². The van der Waals surface area contributed by atoms with Crippen LogP contribution in [0.3, 0.4) is 0 Å². The minimum absolute atomic E-state index is 0.259. The first kappa shape index (κ1) is 20.9. The van der Waals surface area contributed by atoms with Gasteiger partial charge >= 0.3 is 0 Å². The van der Waals surface area contributed by atoms with Crippen molar-refractivity contribution >= 4 is 40.4 Å². The Balaban J connectivity index is 1.84. The van der Waals surface area contributed by atoms with Crippen LogP contribution in [-0.2, 0) is 9.59 Å². The molecule has 0 aliphatic carbocycles. The molecule has 4 rings (SSSR count). The molecule has 0 unspecified atom stereocenters. The fourth-order valence-electron chi connectivity index (χ4n) is 3.81. The van der Waals surface area contributed by atoms with Gasteiger partial charge in [0.2, 0.25) is 0 Å². The maximum absolute atomic E-state index is 13.5. The second-order valence-electron chi connectivity index (χ2n) is 7.97. The predicted octanol–water partition coefficient (Wildman–Crippen LogP) is 5.97. The van der Waals surface area contributed by atoms with Crippen LogP contribution in [0.2, 0.25) is 5.02 Å². The van der Waals surface area contributed by atoms with Crippen LogP contribution in [0, 0.1) is 27.7 Å². The molecule has 0 atom stereocenters. The molecule has 1 heterocycles. The van der Waals surface area contributed by atoms with Crippen molar-refractivity contribution in [2.45, 2.75) is 27.7 Å². The molecular formula is C26H23ClN2O2. The minimum Gasteiger partial charge on any atom is -0.350 e. The van der Waals surface area contributed by atoms with Crippen molar-refractivity contribution in [1.29, 1.82) is 0 Å². The Labute approximate surface area is 187 Å². The number of amides is 2. The number of hydrogen-bond acceptors (Lipinski definition) is 3. The molecule has 1 N–H and O–H groups in total. The fourth-order valence-corrected chi connectivity index (χ4v) is 3.93.